The lowest BCUT2D eigenvalue weighted by atomic mass is 9.97. The molecule has 126 valence electrons. The molecule has 2 unspecified atom stereocenters. The molecule has 0 fully saturated rings. The molecule has 0 heterocycles. The third-order valence-electron chi connectivity index (χ3n) is 2.73. The molecule has 22 heavy (non-hydrogen) atoms. The Morgan fingerprint density at radius 1 is 1.18 bits per heavy atom. The molecule has 0 rings (SSSR count). The number of rotatable bonds is 7. The summed E-state index contributed by atoms with van der Waals surface area (Å²) in [4.78, 5) is 46.0. The van der Waals surface area contributed by atoms with Crippen molar-refractivity contribution in [2.75, 3.05) is 6.54 Å². The van der Waals surface area contributed by atoms with Gasteiger partial charge in [-0.05, 0) is 27.2 Å². The Balaban J connectivity index is 4.51. The predicted octanol–water partition coefficient (Wildman–Crippen LogP) is 0.696. The van der Waals surface area contributed by atoms with E-state index in [-0.39, 0.29) is 0 Å². The molecule has 0 aromatic heterocycles. The van der Waals surface area contributed by atoms with Crippen LogP contribution in [0.15, 0.2) is 0 Å². The largest absolute Gasteiger partial charge is 0.479 e. The van der Waals surface area contributed by atoms with Crippen molar-refractivity contribution in [3.63, 3.8) is 0 Å². The number of nitrogens with one attached hydrogen (secondary N) is 2. The molecule has 2 amide bonds. The van der Waals surface area contributed by atoms with Crippen molar-refractivity contribution >= 4 is 23.8 Å². The number of hydrogen-bond donors (Lipinski definition) is 3. The number of alkyl carbamates (subject to hydrolysis) is 1. The van der Waals surface area contributed by atoms with Crippen LogP contribution in [0.3, 0.4) is 0 Å². The van der Waals surface area contributed by atoms with Gasteiger partial charge in [-0.3, -0.25) is 9.59 Å². The van der Waals surface area contributed by atoms with Crippen molar-refractivity contribution in [2.24, 2.45) is 5.92 Å². The fraction of sp³-hybridized carbons (Fsp3) is 0.714. The minimum absolute atomic E-state index is 0.467. The molecule has 8 nitrogen and oxygen atoms in total. The topological polar surface area (TPSA) is 122 Å². The van der Waals surface area contributed by atoms with Crippen LogP contribution in [0.1, 0.15) is 41.0 Å². The number of Topliss-reactive ketones (excluding diaryl/α,β-unsaturated/α-hetero) is 1. The highest BCUT2D eigenvalue weighted by Gasteiger charge is 2.30. The van der Waals surface area contributed by atoms with Gasteiger partial charge in [-0.25, -0.2) is 9.59 Å². The zero-order valence-corrected chi connectivity index (χ0v) is 13.6. The molecule has 0 radical (unpaired) electrons. The fourth-order valence-electron chi connectivity index (χ4n) is 1.42. The van der Waals surface area contributed by atoms with Crippen LogP contribution >= 0.6 is 0 Å². The van der Waals surface area contributed by atoms with E-state index in [0.717, 1.165) is 0 Å². The number of hydrogen-bond acceptors (Lipinski definition) is 5. The van der Waals surface area contributed by atoms with E-state index < -0.39 is 47.9 Å². The Hall–Kier alpha value is -2.12. The summed E-state index contributed by atoms with van der Waals surface area (Å²) in [5.41, 5.74) is -0.712. The third kappa shape index (κ3) is 7.61. The molecule has 0 aliphatic rings. The quantitative estimate of drug-likeness (QED) is 0.594. The summed E-state index contributed by atoms with van der Waals surface area (Å²) in [6, 6.07) is -1.62. The fourth-order valence-corrected chi connectivity index (χ4v) is 1.42. The number of ether oxygens (including phenoxy) is 1. The van der Waals surface area contributed by atoms with E-state index in [1.165, 1.54) is 0 Å². The van der Waals surface area contributed by atoms with E-state index in [2.05, 4.69) is 10.6 Å². The zero-order valence-electron chi connectivity index (χ0n) is 13.6. The lowest BCUT2D eigenvalue weighted by Gasteiger charge is -2.20. The van der Waals surface area contributed by atoms with Crippen LogP contribution < -0.4 is 10.6 Å². The Morgan fingerprint density at radius 2 is 1.73 bits per heavy atom. The number of aliphatic carboxylic acids is 1. The molecule has 0 aromatic rings. The Kier molecular flexibility index (Phi) is 7.55. The van der Waals surface area contributed by atoms with E-state index in [9.17, 15) is 19.2 Å². The van der Waals surface area contributed by atoms with Crippen LogP contribution in [0.2, 0.25) is 0 Å². The van der Waals surface area contributed by atoms with Gasteiger partial charge in [0.05, 0.1) is 0 Å². The van der Waals surface area contributed by atoms with Crippen LogP contribution in [-0.2, 0) is 19.1 Å². The number of amides is 2. The predicted molar refractivity (Wildman–Crippen MR) is 78.3 cm³/mol. The van der Waals surface area contributed by atoms with Gasteiger partial charge in [0.25, 0.3) is 0 Å². The summed E-state index contributed by atoms with van der Waals surface area (Å²) in [6.07, 6.45) is -0.336. The first kappa shape index (κ1) is 19.9. The van der Waals surface area contributed by atoms with Gasteiger partial charge < -0.3 is 20.5 Å². The minimum atomic E-state index is -1.62. The molecule has 0 aromatic carbocycles. The van der Waals surface area contributed by atoms with Crippen molar-refractivity contribution in [1.82, 2.24) is 10.6 Å². The van der Waals surface area contributed by atoms with Crippen LogP contribution in [-0.4, -0.2) is 47.0 Å². The highest BCUT2D eigenvalue weighted by Crippen LogP contribution is 2.07. The third-order valence-corrected chi connectivity index (χ3v) is 2.73. The lowest BCUT2D eigenvalue weighted by molar-refractivity contribution is -0.146. The SMILES string of the molecule is CCC(C)C(=O)C(NC(=O)CNC(=O)OC(C)(C)C)C(=O)O. The molecule has 0 spiro atoms. The number of ketones is 1. The summed E-state index contributed by atoms with van der Waals surface area (Å²) < 4.78 is 4.93. The highest BCUT2D eigenvalue weighted by molar-refractivity contribution is 6.06. The average Bonchev–Trinajstić information content (AvgIpc) is 2.38. The molecule has 2 atom stereocenters. The number of carboxylic acids is 1. The highest BCUT2D eigenvalue weighted by atomic mass is 16.6. The summed E-state index contributed by atoms with van der Waals surface area (Å²) in [5.74, 6) is -3.29. The van der Waals surface area contributed by atoms with Gasteiger partial charge >= 0.3 is 12.1 Å². The molecule has 0 aliphatic heterocycles. The Labute approximate surface area is 129 Å². The molecule has 0 saturated heterocycles. The smallest absolute Gasteiger partial charge is 0.408 e. The lowest BCUT2D eigenvalue weighted by Crippen LogP contribution is -2.51. The molecule has 3 N–H and O–H groups in total. The van der Waals surface area contributed by atoms with Crippen molar-refractivity contribution in [3.05, 3.63) is 0 Å². The van der Waals surface area contributed by atoms with Gasteiger partial charge in [0.1, 0.15) is 12.1 Å². The van der Waals surface area contributed by atoms with Crippen LogP contribution in [0.5, 0.6) is 0 Å². The summed E-state index contributed by atoms with van der Waals surface area (Å²) in [6.45, 7) is 7.84. The van der Waals surface area contributed by atoms with Crippen molar-refractivity contribution in [1.29, 1.82) is 0 Å². The van der Waals surface area contributed by atoms with E-state index in [4.69, 9.17) is 9.84 Å². The van der Waals surface area contributed by atoms with Crippen LogP contribution in [0, 0.1) is 5.92 Å². The molecular weight excluding hydrogens is 292 g/mol. The van der Waals surface area contributed by atoms with Gasteiger partial charge in [0.2, 0.25) is 5.91 Å². The molecule has 0 saturated carbocycles. The van der Waals surface area contributed by atoms with Gasteiger partial charge in [-0.15, -0.1) is 0 Å². The molecular formula is C14H24N2O6. The van der Waals surface area contributed by atoms with E-state index in [1.807, 2.05) is 0 Å². The molecule has 0 bridgehead atoms. The monoisotopic (exact) mass is 316 g/mol. The van der Waals surface area contributed by atoms with Gasteiger partial charge in [0.15, 0.2) is 11.8 Å². The van der Waals surface area contributed by atoms with E-state index in [0.29, 0.717) is 6.42 Å². The van der Waals surface area contributed by atoms with E-state index >= 15 is 0 Å². The second-order valence-electron chi connectivity index (χ2n) is 5.91. The average molecular weight is 316 g/mol. The summed E-state index contributed by atoms with van der Waals surface area (Å²) in [5, 5.41) is 13.3. The van der Waals surface area contributed by atoms with Crippen LogP contribution in [0.25, 0.3) is 0 Å². The Morgan fingerprint density at radius 3 is 2.14 bits per heavy atom. The maximum absolute atomic E-state index is 11.9. The molecule has 8 heteroatoms. The van der Waals surface area contributed by atoms with Gasteiger partial charge in [-0.2, -0.15) is 0 Å². The van der Waals surface area contributed by atoms with E-state index in [1.54, 1.807) is 34.6 Å². The molecule has 0 aliphatic carbocycles. The van der Waals surface area contributed by atoms with Crippen molar-refractivity contribution < 1.29 is 29.0 Å². The first-order valence-electron chi connectivity index (χ1n) is 7.00. The number of carbonyl (C=O) groups is 4. The maximum atomic E-state index is 11.9. The summed E-state index contributed by atoms with van der Waals surface area (Å²) in [7, 11) is 0. The number of carboxylic acid groups (broad SMARTS) is 1. The summed E-state index contributed by atoms with van der Waals surface area (Å²) >= 11 is 0. The maximum Gasteiger partial charge on any atom is 0.408 e. The van der Waals surface area contributed by atoms with Gasteiger partial charge in [0, 0.05) is 5.92 Å². The normalized spacial score (nSPS) is 13.7. The first-order chi connectivity index (χ1) is 9.97. The first-order valence-corrected chi connectivity index (χ1v) is 7.00. The standard InChI is InChI=1S/C14H24N2O6/c1-6-8(2)11(18)10(12(19)20)16-9(17)7-15-13(21)22-14(3,4)5/h8,10H,6-7H2,1-5H3,(H,15,21)(H,16,17)(H,19,20). The van der Waals surface area contributed by atoms with Crippen molar-refractivity contribution in [3.8, 4) is 0 Å². The second-order valence-corrected chi connectivity index (χ2v) is 5.91. The Bertz CT molecular complexity index is 441. The van der Waals surface area contributed by atoms with Crippen molar-refractivity contribution in [2.45, 2.75) is 52.7 Å². The number of carbonyl (C=O) groups excluding carboxylic acids is 3. The van der Waals surface area contributed by atoms with Crippen LogP contribution in [0.4, 0.5) is 4.79 Å². The van der Waals surface area contributed by atoms with Gasteiger partial charge in [-0.1, -0.05) is 13.8 Å². The minimum Gasteiger partial charge on any atom is -0.479 e. The second kappa shape index (κ2) is 8.35. The zero-order chi connectivity index (χ0) is 17.5.